The van der Waals surface area contributed by atoms with Crippen molar-refractivity contribution < 1.29 is 4.42 Å². The zero-order valence-electron chi connectivity index (χ0n) is 21.6. The first-order valence-electron chi connectivity index (χ1n) is 13.2. The summed E-state index contributed by atoms with van der Waals surface area (Å²) in [5, 5.41) is 9.98. The summed E-state index contributed by atoms with van der Waals surface area (Å²) in [5.74, 6) is 0.559. The molecule has 0 saturated carbocycles. The molecule has 0 amide bonds. The molecule has 0 spiro atoms. The number of halogens is 1. The van der Waals surface area contributed by atoms with Gasteiger partial charge in [-0.2, -0.15) is 0 Å². The minimum Gasteiger partial charge on any atom is -0.453 e. The van der Waals surface area contributed by atoms with Gasteiger partial charge in [0.1, 0.15) is 5.58 Å². The zero-order chi connectivity index (χ0) is 27.0. The van der Waals surface area contributed by atoms with Gasteiger partial charge in [-0.25, -0.2) is 9.97 Å². The molecule has 8 aromatic rings. The Morgan fingerprint density at radius 1 is 0.750 bits per heavy atom. The predicted molar refractivity (Wildman–Crippen MR) is 168 cm³/mol. The summed E-state index contributed by atoms with van der Waals surface area (Å²) >= 11 is 6.91. The van der Waals surface area contributed by atoms with E-state index in [2.05, 4.69) is 77.9 Å². The molecule has 0 fully saturated rings. The Hall–Kier alpha value is -4.93. The summed E-state index contributed by atoms with van der Waals surface area (Å²) < 4.78 is 9.00. The van der Waals surface area contributed by atoms with Crippen LogP contribution in [0.3, 0.4) is 0 Å². The van der Waals surface area contributed by atoms with Crippen LogP contribution >= 0.6 is 11.6 Å². The maximum Gasteiger partial charge on any atom is 0.176 e. The van der Waals surface area contributed by atoms with Gasteiger partial charge < -0.3 is 4.42 Å². The van der Waals surface area contributed by atoms with Crippen molar-refractivity contribution in [2.24, 2.45) is 0 Å². The molecule has 40 heavy (non-hydrogen) atoms. The molecule has 0 unspecified atom stereocenters. The lowest BCUT2D eigenvalue weighted by Gasteiger charge is -2.10. The van der Waals surface area contributed by atoms with Gasteiger partial charge in [0, 0.05) is 26.8 Å². The van der Waals surface area contributed by atoms with Gasteiger partial charge in [-0.3, -0.25) is 4.57 Å². The highest BCUT2D eigenvalue weighted by Crippen LogP contribution is 2.42. The van der Waals surface area contributed by atoms with Crippen molar-refractivity contribution in [1.29, 1.82) is 0 Å². The van der Waals surface area contributed by atoms with E-state index in [1.54, 1.807) is 0 Å². The number of hydrogen-bond acceptors (Lipinski definition) is 3. The first kappa shape index (κ1) is 23.0. The topological polar surface area (TPSA) is 43.9 Å². The van der Waals surface area contributed by atoms with Crippen LogP contribution in [0.15, 0.2) is 102 Å². The maximum absolute atomic E-state index is 6.91. The number of furan rings is 1. The van der Waals surface area contributed by atoms with E-state index in [1.807, 2.05) is 43.3 Å². The lowest BCUT2D eigenvalue weighted by atomic mass is 9.98. The van der Waals surface area contributed by atoms with Crippen LogP contribution in [0, 0.1) is 0 Å². The highest BCUT2D eigenvalue weighted by atomic mass is 35.5. The van der Waals surface area contributed by atoms with E-state index in [1.165, 1.54) is 0 Å². The highest BCUT2D eigenvalue weighted by Gasteiger charge is 2.24. The first-order valence-corrected chi connectivity index (χ1v) is 13.6. The average Bonchev–Trinajstić information content (AvgIpc) is 3.54. The molecule has 0 aliphatic carbocycles. The Kier molecular flexibility index (Phi) is 4.91. The second-order valence-electron chi connectivity index (χ2n) is 9.89. The molecule has 190 valence electrons. The van der Waals surface area contributed by atoms with Gasteiger partial charge in [-0.05, 0) is 41.3 Å². The quantitative estimate of drug-likeness (QED) is 0.224. The number of hydrogen-bond donors (Lipinski definition) is 0. The molecule has 0 N–H and O–H groups in total. The Morgan fingerprint density at radius 2 is 1.43 bits per heavy atom. The molecule has 4 nitrogen and oxygen atoms in total. The normalized spacial score (nSPS) is 13.2. The van der Waals surface area contributed by atoms with Gasteiger partial charge in [0.2, 0.25) is 0 Å². The standard InChI is InChI=1S/C35H22ClN3O/c1-3-11-24-28(4-2)39(35-34(36)37-26-16-9-10-17-27(26)38-35)31-29(24)22-14-7-8-15-23(22)30-25-19-18-20-12-5-6-13-21(20)32(25)40-33(30)31/h3-19H,1H2,2H3/b24-11+,28-4+. The summed E-state index contributed by atoms with van der Waals surface area (Å²) in [6.45, 7) is 6.06. The number of allylic oxidation sites excluding steroid dienone is 1. The van der Waals surface area contributed by atoms with Crippen LogP contribution in [0.5, 0.6) is 0 Å². The van der Waals surface area contributed by atoms with E-state index in [4.69, 9.17) is 26.0 Å². The van der Waals surface area contributed by atoms with Gasteiger partial charge in [0.15, 0.2) is 16.6 Å². The number of benzene rings is 5. The summed E-state index contributed by atoms with van der Waals surface area (Å²) in [6, 6.07) is 29.0. The molecule has 0 atom stereocenters. The lowest BCUT2D eigenvalue weighted by Crippen LogP contribution is -2.28. The lowest BCUT2D eigenvalue weighted by molar-refractivity contribution is 0.674. The molecule has 5 heteroatoms. The fourth-order valence-corrected chi connectivity index (χ4v) is 6.40. The summed E-state index contributed by atoms with van der Waals surface area (Å²) in [7, 11) is 0. The van der Waals surface area contributed by atoms with Crippen LogP contribution in [0.25, 0.3) is 83.4 Å². The smallest absolute Gasteiger partial charge is 0.176 e. The Balaban J connectivity index is 1.72. The third kappa shape index (κ3) is 3.02. The third-order valence-corrected chi connectivity index (χ3v) is 8.04. The molecular weight excluding hydrogens is 514 g/mol. The van der Waals surface area contributed by atoms with Crippen LogP contribution in [0.4, 0.5) is 0 Å². The largest absolute Gasteiger partial charge is 0.453 e. The molecule has 0 radical (unpaired) electrons. The van der Waals surface area contributed by atoms with E-state index < -0.39 is 0 Å². The van der Waals surface area contributed by atoms with E-state index >= 15 is 0 Å². The zero-order valence-corrected chi connectivity index (χ0v) is 22.4. The second-order valence-corrected chi connectivity index (χ2v) is 10.2. The monoisotopic (exact) mass is 535 g/mol. The second kappa shape index (κ2) is 8.54. The van der Waals surface area contributed by atoms with Crippen molar-refractivity contribution in [3.63, 3.8) is 0 Å². The molecule has 0 aliphatic rings. The van der Waals surface area contributed by atoms with Crippen molar-refractivity contribution in [3.05, 3.63) is 113 Å². The van der Waals surface area contributed by atoms with Crippen LogP contribution in [-0.2, 0) is 0 Å². The molecule has 8 rings (SSSR count). The molecule has 0 bridgehead atoms. The highest BCUT2D eigenvalue weighted by molar-refractivity contribution is 6.33. The van der Waals surface area contributed by atoms with Gasteiger partial charge >= 0.3 is 0 Å². The predicted octanol–water partition coefficient (Wildman–Crippen LogP) is 8.20. The van der Waals surface area contributed by atoms with E-state index in [0.717, 1.165) is 76.0 Å². The number of fused-ring (bicyclic) bond motifs is 11. The molecular formula is C35H22ClN3O. The Labute approximate surface area is 233 Å². The molecule has 5 aromatic carbocycles. The van der Waals surface area contributed by atoms with Gasteiger partial charge in [0.25, 0.3) is 0 Å². The average molecular weight is 536 g/mol. The SMILES string of the molecule is C=C/C=c1\c(=C/C)n(-c2nc3ccccc3nc2Cl)c2c3oc4c5ccccc5ccc4c3c3ccccc3c12. The van der Waals surface area contributed by atoms with Crippen molar-refractivity contribution >= 4 is 89.2 Å². The maximum atomic E-state index is 6.91. The Morgan fingerprint density at radius 3 is 2.17 bits per heavy atom. The van der Waals surface area contributed by atoms with Gasteiger partial charge in [-0.15, -0.1) is 0 Å². The van der Waals surface area contributed by atoms with Crippen molar-refractivity contribution in [1.82, 2.24) is 14.5 Å². The first-order chi connectivity index (χ1) is 19.7. The van der Waals surface area contributed by atoms with Crippen LogP contribution in [0.2, 0.25) is 5.15 Å². The van der Waals surface area contributed by atoms with Crippen LogP contribution in [0.1, 0.15) is 6.92 Å². The summed E-state index contributed by atoms with van der Waals surface area (Å²) in [4.78, 5) is 9.76. The Bertz CT molecular complexity index is 2480. The molecule has 0 saturated heterocycles. The number of para-hydroxylation sites is 2. The fourth-order valence-electron chi connectivity index (χ4n) is 6.18. The summed E-state index contributed by atoms with van der Waals surface area (Å²) in [5.41, 5.74) is 4.08. The van der Waals surface area contributed by atoms with Crippen molar-refractivity contribution in [2.75, 3.05) is 0 Å². The fraction of sp³-hybridized carbons (Fsp3) is 0.0286. The van der Waals surface area contributed by atoms with Crippen molar-refractivity contribution in [3.8, 4) is 5.82 Å². The number of aromatic nitrogens is 3. The van der Waals surface area contributed by atoms with E-state index in [0.29, 0.717) is 11.0 Å². The van der Waals surface area contributed by atoms with Gasteiger partial charge in [0.05, 0.1) is 21.9 Å². The van der Waals surface area contributed by atoms with Crippen LogP contribution in [-0.4, -0.2) is 14.5 Å². The van der Waals surface area contributed by atoms with E-state index in [-0.39, 0.29) is 0 Å². The molecule has 3 heterocycles. The van der Waals surface area contributed by atoms with E-state index in [9.17, 15) is 0 Å². The third-order valence-electron chi connectivity index (χ3n) is 7.79. The van der Waals surface area contributed by atoms with Gasteiger partial charge in [-0.1, -0.05) is 103 Å². The minimum absolute atomic E-state index is 0.326. The minimum atomic E-state index is 0.326. The molecule has 3 aromatic heterocycles. The van der Waals surface area contributed by atoms with Crippen LogP contribution < -0.4 is 10.6 Å². The summed E-state index contributed by atoms with van der Waals surface area (Å²) in [6.07, 6.45) is 5.96. The molecule has 0 aliphatic heterocycles. The number of nitrogens with zero attached hydrogens (tertiary/aromatic N) is 3. The van der Waals surface area contributed by atoms with Crippen molar-refractivity contribution in [2.45, 2.75) is 6.92 Å². The number of rotatable bonds is 2.